The number of aliphatic carboxylic acids is 1. The van der Waals surface area contributed by atoms with Gasteiger partial charge in [0, 0.05) is 25.2 Å². The van der Waals surface area contributed by atoms with Gasteiger partial charge in [0.25, 0.3) is 0 Å². The summed E-state index contributed by atoms with van der Waals surface area (Å²) in [6, 6.07) is 0. The van der Waals surface area contributed by atoms with Gasteiger partial charge in [0.2, 0.25) is 5.91 Å². The summed E-state index contributed by atoms with van der Waals surface area (Å²) in [6.45, 7) is 5.83. The Morgan fingerprint density at radius 3 is 2.59 bits per heavy atom. The van der Waals surface area contributed by atoms with E-state index in [1.54, 1.807) is 0 Å². The highest BCUT2D eigenvalue weighted by atomic mass is 16.4. The smallest absolute Gasteiger partial charge is 0.328 e. The van der Waals surface area contributed by atoms with E-state index in [9.17, 15) is 9.59 Å². The summed E-state index contributed by atoms with van der Waals surface area (Å²) in [5.74, 6) is -0.651. The fourth-order valence-electron chi connectivity index (χ4n) is 1.83. The van der Waals surface area contributed by atoms with Gasteiger partial charge in [-0.05, 0) is 31.8 Å². The molecule has 0 bridgehead atoms. The van der Waals surface area contributed by atoms with E-state index in [0.717, 1.165) is 37.7 Å². The van der Waals surface area contributed by atoms with E-state index in [-0.39, 0.29) is 5.91 Å². The lowest BCUT2D eigenvalue weighted by atomic mass is 9.99. The average Bonchev–Trinajstić information content (AvgIpc) is 2.29. The molecule has 0 saturated carbocycles. The van der Waals surface area contributed by atoms with Gasteiger partial charge >= 0.3 is 5.97 Å². The van der Waals surface area contributed by atoms with Gasteiger partial charge in [-0.15, -0.1) is 0 Å². The van der Waals surface area contributed by atoms with Crippen LogP contribution in [0.25, 0.3) is 0 Å². The van der Waals surface area contributed by atoms with Crippen LogP contribution in [0.15, 0.2) is 12.2 Å². The molecule has 1 amide bonds. The maximum Gasteiger partial charge on any atom is 0.328 e. The Morgan fingerprint density at radius 2 is 2.00 bits per heavy atom. The Morgan fingerprint density at radius 1 is 1.35 bits per heavy atom. The van der Waals surface area contributed by atoms with Crippen molar-refractivity contribution < 1.29 is 14.7 Å². The monoisotopic (exact) mass is 240 g/mol. The number of rotatable bonds is 5. The van der Waals surface area contributed by atoms with E-state index < -0.39 is 5.97 Å². The quantitative estimate of drug-likeness (QED) is 0.686. The van der Waals surface area contributed by atoms with Gasteiger partial charge in [0.1, 0.15) is 0 Å². The molecule has 0 aromatic heterocycles. The first-order chi connectivity index (χ1) is 8.08. The predicted molar refractivity (Wildman–Crippen MR) is 64.6 cm³/mol. The van der Waals surface area contributed by atoms with Crippen LogP contribution in [0.4, 0.5) is 0 Å². The molecule has 0 aliphatic carbocycles. The van der Waals surface area contributed by atoms with Crippen LogP contribution in [-0.4, -0.2) is 48.1 Å². The molecule has 17 heavy (non-hydrogen) atoms. The predicted octanol–water partition coefficient (Wildman–Crippen LogP) is 0.475. The van der Waals surface area contributed by atoms with Crippen LogP contribution in [0.5, 0.6) is 0 Å². The lowest BCUT2D eigenvalue weighted by Gasteiger charge is -2.29. The molecule has 0 aromatic rings. The number of nitrogens with zero attached hydrogens (tertiary/aromatic N) is 1. The van der Waals surface area contributed by atoms with E-state index >= 15 is 0 Å². The van der Waals surface area contributed by atoms with Crippen molar-refractivity contribution in [1.82, 2.24) is 10.2 Å². The summed E-state index contributed by atoms with van der Waals surface area (Å²) in [5.41, 5.74) is 0. The van der Waals surface area contributed by atoms with Crippen LogP contribution < -0.4 is 5.32 Å². The zero-order chi connectivity index (χ0) is 12.7. The molecule has 96 valence electrons. The second-order valence-corrected chi connectivity index (χ2v) is 4.49. The Kier molecular flexibility index (Phi) is 5.69. The second-order valence-electron chi connectivity index (χ2n) is 4.49. The number of carbonyl (C=O) groups is 2. The Balaban J connectivity index is 2.11. The van der Waals surface area contributed by atoms with Gasteiger partial charge in [-0.25, -0.2) is 4.79 Å². The van der Waals surface area contributed by atoms with Crippen LogP contribution in [0.2, 0.25) is 0 Å². The van der Waals surface area contributed by atoms with E-state index in [0.29, 0.717) is 6.54 Å². The van der Waals surface area contributed by atoms with Crippen molar-refractivity contribution in [2.75, 3.05) is 26.2 Å². The van der Waals surface area contributed by atoms with Crippen LogP contribution >= 0.6 is 0 Å². The molecule has 0 atom stereocenters. The van der Waals surface area contributed by atoms with Crippen molar-refractivity contribution in [2.45, 2.75) is 19.8 Å². The third-order valence-corrected chi connectivity index (χ3v) is 2.98. The number of likely N-dealkylation sites (tertiary alicyclic amines) is 1. The number of carbonyl (C=O) groups excluding carboxylic acids is 1. The third kappa shape index (κ3) is 6.06. The van der Waals surface area contributed by atoms with Crippen molar-refractivity contribution in [3.8, 4) is 0 Å². The summed E-state index contributed by atoms with van der Waals surface area (Å²) >= 11 is 0. The fourth-order valence-corrected chi connectivity index (χ4v) is 1.83. The van der Waals surface area contributed by atoms with Crippen molar-refractivity contribution in [1.29, 1.82) is 0 Å². The molecule has 1 saturated heterocycles. The van der Waals surface area contributed by atoms with Crippen LogP contribution in [0.3, 0.4) is 0 Å². The fraction of sp³-hybridized carbons (Fsp3) is 0.667. The van der Waals surface area contributed by atoms with Gasteiger partial charge in [0.15, 0.2) is 0 Å². The van der Waals surface area contributed by atoms with Gasteiger partial charge in [-0.1, -0.05) is 6.92 Å². The molecule has 0 radical (unpaired) electrons. The summed E-state index contributed by atoms with van der Waals surface area (Å²) in [7, 11) is 0. The molecular formula is C12H20N2O3. The number of piperidine rings is 1. The number of carboxylic acid groups (broad SMARTS) is 1. The lowest BCUT2D eigenvalue weighted by molar-refractivity contribution is -0.131. The number of nitrogens with one attached hydrogen (secondary N) is 1. The molecule has 1 aliphatic heterocycles. The lowest BCUT2D eigenvalue weighted by Crippen LogP contribution is -2.38. The standard InChI is InChI=1S/C12H20N2O3/c1-10-4-7-14(8-5-10)9-6-13-11(15)2-3-12(16)17/h2-3,10H,4-9H2,1H3,(H,13,15)(H,16,17)/b3-2+. The Labute approximate surface area is 101 Å². The van der Waals surface area contributed by atoms with E-state index in [1.165, 1.54) is 12.8 Å². The van der Waals surface area contributed by atoms with E-state index in [4.69, 9.17) is 5.11 Å². The molecule has 5 heteroatoms. The first-order valence-electron chi connectivity index (χ1n) is 5.99. The maximum absolute atomic E-state index is 11.2. The maximum atomic E-state index is 11.2. The number of carboxylic acids is 1. The summed E-state index contributed by atoms with van der Waals surface area (Å²) in [6.07, 6.45) is 4.32. The zero-order valence-electron chi connectivity index (χ0n) is 10.2. The van der Waals surface area contributed by atoms with Crippen LogP contribution in [0, 0.1) is 5.92 Å². The molecule has 0 spiro atoms. The third-order valence-electron chi connectivity index (χ3n) is 2.98. The van der Waals surface area contributed by atoms with Crippen molar-refractivity contribution in [2.24, 2.45) is 5.92 Å². The van der Waals surface area contributed by atoms with Gasteiger partial charge in [-0.2, -0.15) is 0 Å². The highest BCUT2D eigenvalue weighted by molar-refractivity contribution is 5.93. The Hall–Kier alpha value is -1.36. The SMILES string of the molecule is CC1CCN(CCNC(=O)/C=C/C(=O)O)CC1. The largest absolute Gasteiger partial charge is 0.478 e. The summed E-state index contributed by atoms with van der Waals surface area (Å²) in [5, 5.41) is 11.0. The van der Waals surface area contributed by atoms with E-state index in [1.807, 2.05) is 0 Å². The zero-order valence-corrected chi connectivity index (χ0v) is 10.2. The molecule has 1 rings (SSSR count). The number of hydrogen-bond acceptors (Lipinski definition) is 3. The van der Waals surface area contributed by atoms with Gasteiger partial charge in [0.05, 0.1) is 0 Å². The molecule has 1 heterocycles. The average molecular weight is 240 g/mol. The minimum atomic E-state index is -1.11. The Bertz CT molecular complexity index is 294. The van der Waals surface area contributed by atoms with E-state index in [2.05, 4.69) is 17.1 Å². The van der Waals surface area contributed by atoms with Crippen molar-refractivity contribution in [3.63, 3.8) is 0 Å². The summed E-state index contributed by atoms with van der Waals surface area (Å²) in [4.78, 5) is 23.7. The first-order valence-corrected chi connectivity index (χ1v) is 5.99. The topological polar surface area (TPSA) is 69.6 Å². The molecule has 0 aromatic carbocycles. The van der Waals surface area contributed by atoms with Gasteiger partial charge < -0.3 is 15.3 Å². The van der Waals surface area contributed by atoms with Gasteiger partial charge in [-0.3, -0.25) is 4.79 Å². The molecule has 1 aliphatic rings. The molecule has 0 unspecified atom stereocenters. The minimum Gasteiger partial charge on any atom is -0.478 e. The minimum absolute atomic E-state index is 0.349. The molecular weight excluding hydrogens is 220 g/mol. The second kappa shape index (κ2) is 7.06. The highest BCUT2D eigenvalue weighted by Crippen LogP contribution is 2.14. The normalized spacial score (nSPS) is 18.4. The first kappa shape index (κ1) is 13.7. The van der Waals surface area contributed by atoms with Crippen molar-refractivity contribution in [3.05, 3.63) is 12.2 Å². The highest BCUT2D eigenvalue weighted by Gasteiger charge is 2.14. The molecule has 1 fully saturated rings. The number of amides is 1. The van der Waals surface area contributed by atoms with Crippen LogP contribution in [0.1, 0.15) is 19.8 Å². The number of hydrogen-bond donors (Lipinski definition) is 2. The summed E-state index contributed by atoms with van der Waals surface area (Å²) < 4.78 is 0. The van der Waals surface area contributed by atoms with Crippen molar-refractivity contribution >= 4 is 11.9 Å². The van der Waals surface area contributed by atoms with Crippen LogP contribution in [-0.2, 0) is 9.59 Å². The molecule has 5 nitrogen and oxygen atoms in total. The molecule has 2 N–H and O–H groups in total.